The van der Waals surface area contributed by atoms with Crippen LogP contribution in [0.3, 0.4) is 0 Å². The molecule has 0 radical (unpaired) electrons. The summed E-state index contributed by atoms with van der Waals surface area (Å²) in [5.74, 6) is 0.338. The molecule has 0 saturated carbocycles. The van der Waals surface area contributed by atoms with Gasteiger partial charge in [0.2, 0.25) is 0 Å². The van der Waals surface area contributed by atoms with Crippen molar-refractivity contribution in [1.29, 1.82) is 0 Å². The van der Waals surface area contributed by atoms with Crippen LogP contribution in [0.5, 0.6) is 0 Å². The van der Waals surface area contributed by atoms with Crippen LogP contribution in [0.4, 0.5) is 11.0 Å². The number of nitrogen functional groups attached to an aromatic ring is 1. The van der Waals surface area contributed by atoms with E-state index < -0.39 is 11.0 Å². The van der Waals surface area contributed by atoms with Crippen LogP contribution in [0.2, 0.25) is 0 Å². The highest BCUT2D eigenvalue weighted by Gasteiger charge is 2.32. The molecule has 0 aliphatic heterocycles. The quantitative estimate of drug-likeness (QED) is 0.577. The van der Waals surface area contributed by atoms with Crippen LogP contribution < -0.4 is 11.1 Å². The zero-order chi connectivity index (χ0) is 19.7. The Morgan fingerprint density at radius 3 is 2.50 bits per heavy atom. The molecule has 0 aliphatic rings. The van der Waals surface area contributed by atoms with Gasteiger partial charge in [-0.3, -0.25) is 4.79 Å². The maximum atomic E-state index is 12.7. The van der Waals surface area contributed by atoms with Gasteiger partial charge in [0.15, 0.2) is 22.6 Å². The summed E-state index contributed by atoms with van der Waals surface area (Å²) in [5.41, 5.74) is 4.70. The molecule has 0 saturated heterocycles. The normalized spacial score (nSPS) is 12.1. The summed E-state index contributed by atoms with van der Waals surface area (Å²) < 4.78 is 10.8. The van der Waals surface area contributed by atoms with E-state index in [9.17, 15) is 9.59 Å². The molecule has 2 aromatic heterocycles. The van der Waals surface area contributed by atoms with Crippen LogP contribution in [-0.4, -0.2) is 28.9 Å². The van der Waals surface area contributed by atoms with Crippen LogP contribution in [0.1, 0.15) is 51.2 Å². The number of rotatable bonds is 6. The smallest absolute Gasteiger partial charge is 0.331 e. The zero-order valence-corrected chi connectivity index (χ0v) is 16.7. The Hall–Kier alpha value is -2.35. The number of carbonyl (C=O) groups is 2. The van der Waals surface area contributed by atoms with Gasteiger partial charge in [0.1, 0.15) is 16.1 Å². The van der Waals surface area contributed by atoms with Crippen LogP contribution in [0, 0.1) is 5.41 Å². The first-order chi connectivity index (χ1) is 12.0. The standard InChI is InChI=1S/C18H25N3O4S/c1-7-24-15(23)18(5,6)21-11-9-8-10(25-11)12-13(26-16(19)20-12)14(22)17(2,3)4/h8-9,21H,7H2,1-6H3,(H2,19,20). The number of nitrogens with one attached hydrogen (secondary N) is 1. The summed E-state index contributed by atoms with van der Waals surface area (Å²) in [7, 11) is 0. The Kier molecular flexibility index (Phi) is 5.46. The molecule has 26 heavy (non-hydrogen) atoms. The van der Waals surface area contributed by atoms with Crippen molar-refractivity contribution in [1.82, 2.24) is 4.98 Å². The number of furan rings is 1. The number of carbonyl (C=O) groups excluding carboxylic acids is 2. The van der Waals surface area contributed by atoms with E-state index in [1.807, 2.05) is 20.8 Å². The van der Waals surface area contributed by atoms with Crippen molar-refractivity contribution in [3.63, 3.8) is 0 Å². The van der Waals surface area contributed by atoms with Crippen LogP contribution in [0.25, 0.3) is 11.5 Å². The van der Waals surface area contributed by atoms with Crippen molar-refractivity contribution in [3.8, 4) is 11.5 Å². The molecule has 0 amide bonds. The van der Waals surface area contributed by atoms with Gasteiger partial charge in [-0.15, -0.1) is 0 Å². The molecule has 2 rings (SSSR count). The van der Waals surface area contributed by atoms with Crippen molar-refractivity contribution in [2.24, 2.45) is 5.41 Å². The minimum absolute atomic E-state index is 0.0561. The van der Waals surface area contributed by atoms with E-state index in [1.165, 1.54) is 0 Å². The number of nitrogens with zero attached hydrogens (tertiary/aromatic N) is 1. The maximum absolute atomic E-state index is 12.7. The Labute approximate surface area is 156 Å². The number of ketones is 1. The molecule has 7 nitrogen and oxygen atoms in total. The SMILES string of the molecule is CCOC(=O)C(C)(C)Nc1ccc(-c2nc(N)sc2C(=O)C(C)(C)C)o1. The molecule has 0 aromatic carbocycles. The number of Topliss-reactive ketones (excluding diaryl/α,β-unsaturated/α-hetero) is 1. The van der Waals surface area contributed by atoms with Crippen LogP contribution in [-0.2, 0) is 9.53 Å². The fourth-order valence-electron chi connectivity index (χ4n) is 2.20. The van der Waals surface area contributed by atoms with Crippen molar-refractivity contribution in [2.75, 3.05) is 17.7 Å². The molecule has 0 aliphatic carbocycles. The van der Waals surface area contributed by atoms with Gasteiger partial charge in [-0.05, 0) is 26.8 Å². The molecular weight excluding hydrogens is 354 g/mol. The molecule has 142 valence electrons. The predicted octanol–water partition coefficient (Wildman–Crippen LogP) is 3.97. The second-order valence-corrected chi connectivity index (χ2v) is 8.47. The summed E-state index contributed by atoms with van der Waals surface area (Å²) in [6.07, 6.45) is 0. The van der Waals surface area contributed by atoms with Gasteiger partial charge in [-0.25, -0.2) is 9.78 Å². The molecule has 2 heterocycles. The molecule has 0 fully saturated rings. The number of thiazole rings is 1. The molecule has 3 N–H and O–H groups in total. The summed E-state index contributed by atoms with van der Waals surface area (Å²) in [5, 5.41) is 3.29. The van der Waals surface area contributed by atoms with Gasteiger partial charge in [-0.1, -0.05) is 32.1 Å². The average Bonchev–Trinajstić information content (AvgIpc) is 3.11. The van der Waals surface area contributed by atoms with Crippen molar-refractivity contribution >= 4 is 34.1 Å². The molecule has 0 atom stereocenters. The molecular formula is C18H25N3O4S. The number of nitrogens with two attached hydrogens (primary N) is 1. The third kappa shape index (κ3) is 4.24. The average molecular weight is 379 g/mol. The fourth-order valence-corrected chi connectivity index (χ4v) is 3.19. The maximum Gasteiger partial charge on any atom is 0.331 e. The Balaban J connectivity index is 2.31. The van der Waals surface area contributed by atoms with Gasteiger partial charge < -0.3 is 20.2 Å². The van der Waals surface area contributed by atoms with E-state index in [1.54, 1.807) is 32.9 Å². The van der Waals surface area contributed by atoms with E-state index in [4.69, 9.17) is 14.9 Å². The molecule has 8 heteroatoms. The molecule has 0 bridgehead atoms. The second kappa shape index (κ2) is 7.11. The van der Waals surface area contributed by atoms with Crippen LogP contribution in [0.15, 0.2) is 16.5 Å². The minimum atomic E-state index is -0.962. The highest BCUT2D eigenvalue weighted by atomic mass is 32.1. The number of hydrogen-bond donors (Lipinski definition) is 2. The topological polar surface area (TPSA) is 107 Å². The van der Waals surface area contributed by atoms with Gasteiger partial charge in [0.05, 0.1) is 6.61 Å². The first-order valence-corrected chi connectivity index (χ1v) is 9.14. The van der Waals surface area contributed by atoms with Crippen molar-refractivity contribution in [2.45, 2.75) is 47.1 Å². The summed E-state index contributed by atoms with van der Waals surface area (Å²) in [6, 6.07) is 3.37. The number of esters is 1. The predicted molar refractivity (Wildman–Crippen MR) is 102 cm³/mol. The van der Waals surface area contributed by atoms with E-state index in [0.717, 1.165) is 11.3 Å². The van der Waals surface area contributed by atoms with Crippen LogP contribution >= 0.6 is 11.3 Å². The molecule has 0 unspecified atom stereocenters. The van der Waals surface area contributed by atoms with Gasteiger partial charge in [-0.2, -0.15) is 0 Å². The van der Waals surface area contributed by atoms with E-state index in [0.29, 0.717) is 34.0 Å². The van der Waals surface area contributed by atoms with Gasteiger partial charge in [0.25, 0.3) is 0 Å². The lowest BCUT2D eigenvalue weighted by molar-refractivity contribution is -0.147. The third-order valence-corrected chi connectivity index (χ3v) is 4.48. The second-order valence-electron chi connectivity index (χ2n) is 7.44. The number of ether oxygens (including phenoxy) is 1. The summed E-state index contributed by atoms with van der Waals surface area (Å²) in [6.45, 7) is 11.0. The Morgan fingerprint density at radius 2 is 1.92 bits per heavy atom. The minimum Gasteiger partial charge on any atom is -0.464 e. The molecule has 2 aromatic rings. The first kappa shape index (κ1) is 20.0. The number of aromatic nitrogens is 1. The van der Waals surface area contributed by atoms with Crippen molar-refractivity contribution in [3.05, 3.63) is 17.0 Å². The van der Waals surface area contributed by atoms with Crippen molar-refractivity contribution < 1.29 is 18.7 Å². The van der Waals surface area contributed by atoms with Gasteiger partial charge in [0, 0.05) is 11.5 Å². The summed E-state index contributed by atoms with van der Waals surface area (Å²) in [4.78, 5) is 29.4. The Morgan fingerprint density at radius 1 is 1.27 bits per heavy atom. The van der Waals surface area contributed by atoms with Gasteiger partial charge >= 0.3 is 5.97 Å². The molecule has 0 spiro atoms. The zero-order valence-electron chi connectivity index (χ0n) is 15.9. The lowest BCUT2D eigenvalue weighted by Gasteiger charge is -2.23. The lowest BCUT2D eigenvalue weighted by atomic mass is 9.89. The summed E-state index contributed by atoms with van der Waals surface area (Å²) >= 11 is 1.14. The lowest BCUT2D eigenvalue weighted by Crippen LogP contribution is -2.41. The Bertz CT molecular complexity index is 815. The van der Waals surface area contributed by atoms with E-state index in [-0.39, 0.29) is 11.8 Å². The third-order valence-electron chi connectivity index (χ3n) is 3.59. The monoisotopic (exact) mass is 379 g/mol. The number of hydrogen-bond acceptors (Lipinski definition) is 8. The highest BCUT2D eigenvalue weighted by molar-refractivity contribution is 7.17. The fraction of sp³-hybridized carbons (Fsp3) is 0.500. The largest absolute Gasteiger partial charge is 0.464 e. The van der Waals surface area contributed by atoms with E-state index >= 15 is 0 Å². The van der Waals surface area contributed by atoms with E-state index in [2.05, 4.69) is 10.3 Å². The number of anilines is 2. The first-order valence-electron chi connectivity index (χ1n) is 8.32. The highest BCUT2D eigenvalue weighted by Crippen LogP contribution is 2.36.